The minimum Gasteiger partial charge on any atom is -0.459 e. The van der Waals surface area contributed by atoms with Gasteiger partial charge in [0.15, 0.2) is 12.1 Å². The molecule has 10 heteroatoms. The Bertz CT molecular complexity index is 623. The Labute approximate surface area is 115 Å². The van der Waals surface area contributed by atoms with Crippen molar-refractivity contribution in [2.45, 2.75) is 11.5 Å². The van der Waals surface area contributed by atoms with Crippen LogP contribution in [0.2, 0.25) is 0 Å². The number of benzene rings is 1. The van der Waals surface area contributed by atoms with Gasteiger partial charge in [0.05, 0.1) is 4.92 Å². The Morgan fingerprint density at radius 2 is 2.14 bits per heavy atom. The Kier molecular flexibility index (Phi) is 3.47. The maximum Gasteiger partial charge on any atom is 0.313 e. The summed E-state index contributed by atoms with van der Waals surface area (Å²) in [6.45, 7) is -3.11. The fraction of sp³-hybridized carbons (Fsp3) is 0.364. The molecule has 0 aromatic heterocycles. The zero-order chi connectivity index (χ0) is 15.8. The highest BCUT2D eigenvalue weighted by Crippen LogP contribution is 2.45. The average Bonchev–Trinajstić information content (AvgIpc) is 2.42. The van der Waals surface area contributed by atoms with Crippen molar-refractivity contribution in [1.82, 2.24) is 0 Å². The Morgan fingerprint density at radius 1 is 1.48 bits per heavy atom. The minimum atomic E-state index is -3.93. The predicted octanol–water partition coefficient (Wildman–Crippen LogP) is 1.88. The number of hydrogen-bond donors (Lipinski definition) is 1. The van der Waals surface area contributed by atoms with Crippen LogP contribution in [0.1, 0.15) is 5.56 Å². The highest BCUT2D eigenvalue weighted by molar-refractivity contribution is 5.73. The zero-order valence-corrected chi connectivity index (χ0v) is 10.4. The molecule has 0 aliphatic carbocycles. The summed E-state index contributed by atoms with van der Waals surface area (Å²) in [5.41, 5.74) is 0.549. The van der Waals surface area contributed by atoms with Crippen LogP contribution in [0, 0.1) is 15.9 Å². The lowest BCUT2D eigenvalue weighted by atomic mass is 9.84. The van der Waals surface area contributed by atoms with Crippen molar-refractivity contribution in [1.29, 1.82) is 0 Å². The van der Waals surface area contributed by atoms with Crippen molar-refractivity contribution in [2.24, 2.45) is 10.7 Å². The monoisotopic (exact) mass is 307 g/mol. The molecule has 114 valence electrons. The molecular formula is C11H9F4N3O3. The summed E-state index contributed by atoms with van der Waals surface area (Å²) in [6.07, 6.45) is 0. The third-order valence-electron chi connectivity index (χ3n) is 3.11. The van der Waals surface area contributed by atoms with Crippen LogP contribution in [0.3, 0.4) is 0 Å². The van der Waals surface area contributed by atoms with Crippen LogP contribution >= 0.6 is 0 Å². The molecule has 2 N–H and O–H groups in total. The first-order valence-corrected chi connectivity index (χ1v) is 5.60. The number of nitrogens with two attached hydrogens (primary N) is 1. The van der Waals surface area contributed by atoms with E-state index in [4.69, 9.17) is 5.73 Å². The molecule has 21 heavy (non-hydrogen) atoms. The van der Waals surface area contributed by atoms with Gasteiger partial charge in [0.1, 0.15) is 12.5 Å². The maximum absolute atomic E-state index is 14.0. The quantitative estimate of drug-likeness (QED) is 0.524. The molecule has 1 aliphatic heterocycles. The van der Waals surface area contributed by atoms with E-state index in [0.29, 0.717) is 12.1 Å². The minimum absolute atomic E-state index is 0.519. The number of nitrogens with zero attached hydrogens (tertiary/aromatic N) is 2. The molecular weight excluding hydrogens is 298 g/mol. The van der Waals surface area contributed by atoms with E-state index in [0.717, 1.165) is 6.07 Å². The summed E-state index contributed by atoms with van der Waals surface area (Å²) in [5.74, 6) is -5.18. The summed E-state index contributed by atoms with van der Waals surface area (Å²) >= 11 is 0. The first-order valence-electron chi connectivity index (χ1n) is 5.60. The molecule has 0 saturated carbocycles. The number of nitro groups is 1. The van der Waals surface area contributed by atoms with Gasteiger partial charge in [-0.1, -0.05) is 0 Å². The lowest BCUT2D eigenvalue weighted by Gasteiger charge is -2.38. The van der Waals surface area contributed by atoms with Gasteiger partial charge in [0.2, 0.25) is 0 Å². The highest BCUT2D eigenvalue weighted by Gasteiger charge is 2.60. The fourth-order valence-corrected chi connectivity index (χ4v) is 1.99. The maximum atomic E-state index is 14.0. The molecule has 0 fully saturated rings. The molecule has 1 unspecified atom stereocenters. The topological polar surface area (TPSA) is 90.8 Å². The van der Waals surface area contributed by atoms with Crippen LogP contribution in [0.25, 0.3) is 0 Å². The second-order valence-electron chi connectivity index (χ2n) is 4.36. The second kappa shape index (κ2) is 4.86. The van der Waals surface area contributed by atoms with Crippen molar-refractivity contribution >= 4 is 11.7 Å². The van der Waals surface area contributed by atoms with Crippen LogP contribution < -0.4 is 5.73 Å². The van der Waals surface area contributed by atoms with Gasteiger partial charge < -0.3 is 10.5 Å². The fourth-order valence-electron chi connectivity index (χ4n) is 1.99. The van der Waals surface area contributed by atoms with E-state index in [1.807, 2.05) is 0 Å². The van der Waals surface area contributed by atoms with E-state index < -0.39 is 52.8 Å². The van der Waals surface area contributed by atoms with Crippen molar-refractivity contribution in [2.75, 3.05) is 13.3 Å². The van der Waals surface area contributed by atoms with E-state index in [-0.39, 0.29) is 0 Å². The SMILES string of the molecule is NC1=NC(CF)(c2cc([N+](=O)[O-])ccc2F)C(F)(F)CO1. The van der Waals surface area contributed by atoms with Crippen molar-refractivity contribution in [3.8, 4) is 0 Å². The Balaban J connectivity index is 2.73. The summed E-state index contributed by atoms with van der Waals surface area (Å²) in [7, 11) is 0. The third kappa shape index (κ3) is 2.26. The molecule has 2 rings (SSSR count). The number of nitro benzene ring substituents is 1. The predicted molar refractivity (Wildman–Crippen MR) is 63.2 cm³/mol. The number of hydrogen-bond acceptors (Lipinski definition) is 5. The van der Waals surface area contributed by atoms with E-state index >= 15 is 0 Å². The number of non-ortho nitro benzene ring substituents is 1. The summed E-state index contributed by atoms with van der Waals surface area (Å²) < 4.78 is 59.6. The molecule has 0 radical (unpaired) electrons. The summed E-state index contributed by atoms with van der Waals surface area (Å²) in [6, 6.07) is 1.15. The van der Waals surface area contributed by atoms with Gasteiger partial charge in [-0.25, -0.2) is 13.8 Å². The van der Waals surface area contributed by atoms with Gasteiger partial charge in [-0.15, -0.1) is 0 Å². The van der Waals surface area contributed by atoms with Gasteiger partial charge in [-0.2, -0.15) is 8.78 Å². The molecule has 1 heterocycles. The normalized spacial score (nSPS) is 24.1. The molecule has 1 aromatic carbocycles. The zero-order valence-electron chi connectivity index (χ0n) is 10.4. The average molecular weight is 307 g/mol. The molecule has 1 atom stereocenters. The number of alkyl halides is 3. The number of ether oxygens (including phenoxy) is 1. The summed E-state index contributed by atoms with van der Waals surface area (Å²) in [5, 5.41) is 10.7. The number of halogens is 4. The lowest BCUT2D eigenvalue weighted by Crippen LogP contribution is -2.54. The van der Waals surface area contributed by atoms with E-state index in [2.05, 4.69) is 9.73 Å². The van der Waals surface area contributed by atoms with E-state index in [9.17, 15) is 27.7 Å². The first-order chi connectivity index (χ1) is 9.73. The van der Waals surface area contributed by atoms with Crippen LogP contribution in [0.15, 0.2) is 23.2 Å². The molecule has 6 nitrogen and oxygen atoms in total. The number of rotatable bonds is 3. The van der Waals surface area contributed by atoms with Crippen molar-refractivity contribution in [3.63, 3.8) is 0 Å². The third-order valence-corrected chi connectivity index (χ3v) is 3.11. The molecule has 0 bridgehead atoms. The van der Waals surface area contributed by atoms with Gasteiger partial charge in [0.25, 0.3) is 11.7 Å². The second-order valence-corrected chi connectivity index (χ2v) is 4.36. The summed E-state index contributed by atoms with van der Waals surface area (Å²) in [4.78, 5) is 13.0. The van der Waals surface area contributed by atoms with E-state index in [1.165, 1.54) is 0 Å². The van der Waals surface area contributed by atoms with Gasteiger partial charge >= 0.3 is 5.92 Å². The lowest BCUT2D eigenvalue weighted by molar-refractivity contribution is -0.385. The van der Waals surface area contributed by atoms with Crippen molar-refractivity contribution < 1.29 is 27.2 Å². The first kappa shape index (κ1) is 15.0. The smallest absolute Gasteiger partial charge is 0.313 e. The Morgan fingerprint density at radius 3 is 2.71 bits per heavy atom. The van der Waals surface area contributed by atoms with Gasteiger partial charge in [-0.3, -0.25) is 10.1 Å². The van der Waals surface area contributed by atoms with Crippen molar-refractivity contribution in [3.05, 3.63) is 39.7 Å². The standard InChI is InChI=1S/C11H9F4N3O3/c12-4-10(11(14,15)5-21-9(16)17-10)7-3-6(18(19)20)1-2-8(7)13/h1-3H,4-5H2,(H2,16,17). The number of amidine groups is 1. The Hall–Kier alpha value is -2.39. The molecule has 0 amide bonds. The largest absolute Gasteiger partial charge is 0.459 e. The molecule has 1 aliphatic rings. The van der Waals surface area contributed by atoms with Gasteiger partial charge in [0, 0.05) is 17.7 Å². The van der Waals surface area contributed by atoms with Crippen LogP contribution in [0.5, 0.6) is 0 Å². The van der Waals surface area contributed by atoms with Gasteiger partial charge in [-0.05, 0) is 6.07 Å². The highest BCUT2D eigenvalue weighted by atomic mass is 19.3. The molecule has 0 spiro atoms. The van der Waals surface area contributed by atoms with E-state index in [1.54, 1.807) is 0 Å². The van der Waals surface area contributed by atoms with Crippen LogP contribution in [-0.2, 0) is 10.3 Å². The number of aliphatic imine (C=N–C) groups is 1. The van der Waals surface area contributed by atoms with Crippen LogP contribution in [-0.4, -0.2) is 30.1 Å². The molecule has 0 saturated heterocycles. The van der Waals surface area contributed by atoms with Crippen LogP contribution in [0.4, 0.5) is 23.2 Å². The molecule has 1 aromatic rings.